The van der Waals surface area contributed by atoms with Crippen molar-refractivity contribution in [2.24, 2.45) is 0 Å². The van der Waals surface area contributed by atoms with Gasteiger partial charge in [0.25, 0.3) is 0 Å². The molecule has 0 spiro atoms. The zero-order valence-corrected chi connectivity index (χ0v) is 15.4. The summed E-state index contributed by atoms with van der Waals surface area (Å²) in [5, 5.41) is 10.2. The fourth-order valence-electron chi connectivity index (χ4n) is 2.43. The van der Waals surface area contributed by atoms with Crippen LogP contribution in [-0.2, 0) is 23.7 Å². The first-order chi connectivity index (χ1) is 12.3. The Morgan fingerprint density at radius 1 is 1.27 bits per heavy atom. The first-order valence-electron chi connectivity index (χ1n) is 8.16. The SMILES string of the molecule is CO[C@]1(C)OC[C@H]([C@H](O)C#CCOC(=O)c2ccccc2)O[C@@]1(C)OC. The van der Waals surface area contributed by atoms with Crippen molar-refractivity contribution in [1.29, 1.82) is 0 Å². The third-order valence-electron chi connectivity index (χ3n) is 4.39. The first-order valence-corrected chi connectivity index (χ1v) is 8.16. The second-order valence-electron chi connectivity index (χ2n) is 5.98. The number of rotatable bonds is 5. The summed E-state index contributed by atoms with van der Waals surface area (Å²) in [6.07, 6.45) is -1.87. The van der Waals surface area contributed by atoms with Gasteiger partial charge < -0.3 is 28.8 Å². The van der Waals surface area contributed by atoms with Gasteiger partial charge in [0.15, 0.2) is 6.61 Å². The van der Waals surface area contributed by atoms with E-state index in [1.807, 2.05) is 6.07 Å². The predicted octanol–water partition coefficient (Wildman–Crippen LogP) is 1.35. The molecular formula is C19H24O7. The maximum Gasteiger partial charge on any atom is 0.339 e. The molecule has 1 aromatic rings. The highest BCUT2D eigenvalue weighted by Crippen LogP contribution is 2.37. The summed E-state index contributed by atoms with van der Waals surface area (Å²) in [5.41, 5.74) is 0.438. The zero-order chi connectivity index (χ0) is 19.2. The van der Waals surface area contributed by atoms with Crippen molar-refractivity contribution in [3.05, 3.63) is 35.9 Å². The molecular weight excluding hydrogens is 340 g/mol. The van der Waals surface area contributed by atoms with E-state index in [0.717, 1.165) is 0 Å². The average Bonchev–Trinajstić information content (AvgIpc) is 2.67. The molecule has 1 aromatic carbocycles. The van der Waals surface area contributed by atoms with E-state index in [9.17, 15) is 9.90 Å². The molecule has 0 radical (unpaired) electrons. The molecule has 0 aliphatic carbocycles. The molecule has 1 aliphatic heterocycles. The summed E-state index contributed by atoms with van der Waals surface area (Å²) in [6, 6.07) is 8.59. The molecule has 0 unspecified atom stereocenters. The van der Waals surface area contributed by atoms with E-state index in [-0.39, 0.29) is 13.2 Å². The fraction of sp³-hybridized carbons (Fsp3) is 0.526. The van der Waals surface area contributed by atoms with E-state index in [0.29, 0.717) is 5.56 Å². The minimum atomic E-state index is -1.22. The normalized spacial score (nSPS) is 29.3. The Morgan fingerprint density at radius 2 is 1.92 bits per heavy atom. The van der Waals surface area contributed by atoms with Crippen LogP contribution in [0.4, 0.5) is 0 Å². The molecule has 1 saturated heterocycles. The van der Waals surface area contributed by atoms with E-state index >= 15 is 0 Å². The summed E-state index contributed by atoms with van der Waals surface area (Å²) >= 11 is 0. The van der Waals surface area contributed by atoms with Crippen LogP contribution in [0.1, 0.15) is 24.2 Å². The van der Waals surface area contributed by atoms with Crippen LogP contribution in [0.5, 0.6) is 0 Å². The Labute approximate surface area is 153 Å². The Balaban J connectivity index is 1.90. The van der Waals surface area contributed by atoms with Gasteiger partial charge in [-0.05, 0) is 26.0 Å². The average molecular weight is 364 g/mol. The molecule has 1 fully saturated rings. The van der Waals surface area contributed by atoms with Crippen LogP contribution in [0.3, 0.4) is 0 Å². The smallest absolute Gasteiger partial charge is 0.339 e. The van der Waals surface area contributed by atoms with Crippen molar-refractivity contribution >= 4 is 5.97 Å². The van der Waals surface area contributed by atoms with Crippen molar-refractivity contribution < 1.29 is 33.6 Å². The molecule has 26 heavy (non-hydrogen) atoms. The van der Waals surface area contributed by atoms with E-state index in [4.69, 9.17) is 23.7 Å². The highest BCUT2D eigenvalue weighted by Gasteiger charge is 2.54. The van der Waals surface area contributed by atoms with Gasteiger partial charge in [0.1, 0.15) is 12.2 Å². The molecule has 4 atom stereocenters. The van der Waals surface area contributed by atoms with Crippen LogP contribution >= 0.6 is 0 Å². The number of benzene rings is 1. The van der Waals surface area contributed by atoms with Gasteiger partial charge in [-0.3, -0.25) is 0 Å². The summed E-state index contributed by atoms with van der Waals surface area (Å²) in [7, 11) is 2.95. The van der Waals surface area contributed by atoms with Crippen molar-refractivity contribution in [2.45, 2.75) is 37.6 Å². The number of aliphatic hydroxyl groups is 1. The van der Waals surface area contributed by atoms with Crippen LogP contribution < -0.4 is 0 Å². The maximum atomic E-state index is 11.8. The largest absolute Gasteiger partial charge is 0.449 e. The van der Waals surface area contributed by atoms with E-state index in [2.05, 4.69) is 11.8 Å². The number of esters is 1. The summed E-state index contributed by atoms with van der Waals surface area (Å²) in [4.78, 5) is 11.8. The van der Waals surface area contributed by atoms with Crippen LogP contribution in [0, 0.1) is 11.8 Å². The number of hydrogen-bond donors (Lipinski definition) is 1. The highest BCUT2D eigenvalue weighted by molar-refractivity contribution is 5.89. The van der Waals surface area contributed by atoms with Crippen molar-refractivity contribution in [3.63, 3.8) is 0 Å². The van der Waals surface area contributed by atoms with Gasteiger partial charge in [-0.1, -0.05) is 30.0 Å². The lowest BCUT2D eigenvalue weighted by molar-refractivity contribution is -0.435. The summed E-state index contributed by atoms with van der Waals surface area (Å²) in [5.74, 6) is 2.40. The molecule has 7 heteroatoms. The lowest BCUT2D eigenvalue weighted by atomic mass is 10.1. The van der Waals surface area contributed by atoms with Gasteiger partial charge in [0.05, 0.1) is 12.2 Å². The van der Waals surface area contributed by atoms with Gasteiger partial charge in [0.2, 0.25) is 11.6 Å². The number of hydrogen-bond acceptors (Lipinski definition) is 7. The van der Waals surface area contributed by atoms with Gasteiger partial charge in [0, 0.05) is 14.2 Å². The van der Waals surface area contributed by atoms with E-state index in [1.54, 1.807) is 38.1 Å². The van der Waals surface area contributed by atoms with Crippen LogP contribution in [0.2, 0.25) is 0 Å². The Hall–Kier alpha value is -1.95. The molecule has 7 nitrogen and oxygen atoms in total. The molecule has 0 saturated carbocycles. The van der Waals surface area contributed by atoms with Gasteiger partial charge >= 0.3 is 5.97 Å². The molecule has 1 heterocycles. The number of carbonyl (C=O) groups excluding carboxylic acids is 1. The summed E-state index contributed by atoms with van der Waals surface area (Å²) < 4.78 is 27.2. The van der Waals surface area contributed by atoms with Crippen molar-refractivity contribution in [2.75, 3.05) is 27.4 Å². The van der Waals surface area contributed by atoms with E-state index < -0.39 is 29.8 Å². The number of carbonyl (C=O) groups is 1. The van der Waals surface area contributed by atoms with Gasteiger partial charge in [-0.15, -0.1) is 0 Å². The molecule has 1 aliphatic rings. The minimum absolute atomic E-state index is 0.0724. The Bertz CT molecular complexity index is 665. The predicted molar refractivity (Wildman–Crippen MR) is 92.2 cm³/mol. The molecule has 2 rings (SSSR count). The quantitative estimate of drug-likeness (QED) is 0.624. The fourth-order valence-corrected chi connectivity index (χ4v) is 2.43. The lowest BCUT2D eigenvalue weighted by Gasteiger charge is -2.49. The number of ether oxygens (including phenoxy) is 5. The minimum Gasteiger partial charge on any atom is -0.449 e. The molecule has 142 valence electrons. The van der Waals surface area contributed by atoms with Crippen LogP contribution in [0.25, 0.3) is 0 Å². The Morgan fingerprint density at radius 3 is 2.54 bits per heavy atom. The zero-order valence-electron chi connectivity index (χ0n) is 15.4. The lowest BCUT2D eigenvalue weighted by Crippen LogP contribution is -2.63. The molecule has 0 amide bonds. The standard InChI is InChI=1S/C19H24O7/c1-18(22-3)19(2,23-4)26-16(13-25-18)15(20)11-8-12-24-17(21)14-9-6-5-7-10-14/h5-7,9-10,15-16,20H,12-13H2,1-4H3/t15-,16-,18-,19-/m1/s1. The highest BCUT2D eigenvalue weighted by atomic mass is 16.8. The molecule has 0 aromatic heterocycles. The summed E-state index contributed by atoms with van der Waals surface area (Å²) in [6.45, 7) is 3.27. The second kappa shape index (κ2) is 8.62. The number of methoxy groups -OCH3 is 2. The van der Waals surface area contributed by atoms with Crippen molar-refractivity contribution in [1.82, 2.24) is 0 Å². The van der Waals surface area contributed by atoms with Gasteiger partial charge in [-0.2, -0.15) is 0 Å². The third kappa shape index (κ3) is 4.41. The molecule has 0 bridgehead atoms. The topological polar surface area (TPSA) is 83.5 Å². The maximum absolute atomic E-state index is 11.8. The van der Waals surface area contributed by atoms with Gasteiger partial charge in [-0.25, -0.2) is 4.79 Å². The second-order valence-corrected chi connectivity index (χ2v) is 5.98. The van der Waals surface area contributed by atoms with E-state index in [1.165, 1.54) is 14.2 Å². The molecule has 1 N–H and O–H groups in total. The third-order valence-corrected chi connectivity index (χ3v) is 4.39. The monoisotopic (exact) mass is 364 g/mol. The van der Waals surface area contributed by atoms with Crippen LogP contribution in [-0.4, -0.2) is 62.3 Å². The van der Waals surface area contributed by atoms with Crippen molar-refractivity contribution in [3.8, 4) is 11.8 Å². The first kappa shape index (κ1) is 20.4. The Kier molecular flexibility index (Phi) is 6.75. The van der Waals surface area contributed by atoms with Crippen LogP contribution in [0.15, 0.2) is 30.3 Å². The number of aliphatic hydroxyl groups excluding tert-OH is 1.